The summed E-state index contributed by atoms with van der Waals surface area (Å²) >= 11 is 1.64. The third kappa shape index (κ3) is 3.75. The molecule has 6 nitrogen and oxygen atoms in total. The largest absolute Gasteiger partial charge is 0.369 e. The lowest BCUT2D eigenvalue weighted by Gasteiger charge is -2.41. The lowest BCUT2D eigenvalue weighted by atomic mass is 9.77. The number of alkyl halides is 2. The number of nitrogens with zero attached hydrogens (tertiary/aromatic N) is 4. The van der Waals surface area contributed by atoms with Gasteiger partial charge in [0.1, 0.15) is 5.54 Å². The number of halogens is 2. The van der Waals surface area contributed by atoms with E-state index in [1.54, 1.807) is 35.6 Å². The van der Waals surface area contributed by atoms with Gasteiger partial charge < -0.3 is 5.73 Å². The molecule has 2 aromatic rings. The molecular weight excluding hydrogens is 420 g/mol. The molecular formula is C22H25F2N5OS. The zero-order valence-electron chi connectivity index (χ0n) is 17.8. The third-order valence-corrected chi connectivity index (χ3v) is 7.39. The zero-order chi connectivity index (χ0) is 22.6. The molecule has 0 bridgehead atoms. The Morgan fingerprint density at radius 3 is 2.48 bits per heavy atom. The van der Waals surface area contributed by atoms with Gasteiger partial charge in [-0.1, -0.05) is 30.3 Å². The molecule has 2 unspecified atom stereocenters. The molecule has 0 saturated carbocycles. The highest BCUT2D eigenvalue weighted by molar-refractivity contribution is 8.03. The molecule has 0 fully saturated rings. The number of hydrogen-bond acceptors (Lipinski definition) is 5. The van der Waals surface area contributed by atoms with Crippen LogP contribution in [-0.2, 0) is 17.8 Å². The van der Waals surface area contributed by atoms with E-state index >= 15 is 0 Å². The second kappa shape index (κ2) is 7.47. The standard InChI is InChI=1S/C22H25F2N5OS/c1-21(17-9-14(12-31-17)15-10-26-28(3)11-15)18(19(30)29(4)20(25)27-21)13-5-7-16(8-6-13)22(2,23)24/h5-11,14,18H,12H2,1-4H3,(H2,25,27)/t14?,18?,21-/m1/s1. The molecule has 1 amide bonds. The number of aromatic nitrogens is 2. The molecule has 3 heterocycles. The summed E-state index contributed by atoms with van der Waals surface area (Å²) in [6.07, 6.45) is 5.94. The van der Waals surface area contributed by atoms with Gasteiger partial charge in [0.25, 0.3) is 5.92 Å². The van der Waals surface area contributed by atoms with Gasteiger partial charge >= 0.3 is 0 Å². The summed E-state index contributed by atoms with van der Waals surface area (Å²) in [5, 5.41) is 4.25. The number of aryl methyl sites for hydroxylation is 1. The fraction of sp³-hybridized carbons (Fsp3) is 0.409. The topological polar surface area (TPSA) is 76.5 Å². The Hall–Kier alpha value is -2.68. The number of rotatable bonds is 4. The summed E-state index contributed by atoms with van der Waals surface area (Å²) < 4.78 is 29.1. The molecule has 2 aliphatic heterocycles. The Labute approximate surface area is 184 Å². The predicted octanol–water partition coefficient (Wildman–Crippen LogP) is 3.58. The minimum atomic E-state index is -2.95. The van der Waals surface area contributed by atoms with E-state index in [-0.39, 0.29) is 23.3 Å². The van der Waals surface area contributed by atoms with Crippen molar-refractivity contribution in [2.24, 2.45) is 17.8 Å². The molecule has 1 aromatic carbocycles. The minimum Gasteiger partial charge on any atom is -0.369 e. The third-order valence-electron chi connectivity index (χ3n) is 6.00. The van der Waals surface area contributed by atoms with Crippen molar-refractivity contribution in [3.05, 3.63) is 64.3 Å². The van der Waals surface area contributed by atoms with E-state index in [1.807, 2.05) is 26.4 Å². The van der Waals surface area contributed by atoms with Gasteiger partial charge in [0.2, 0.25) is 5.91 Å². The van der Waals surface area contributed by atoms with E-state index in [2.05, 4.69) is 11.2 Å². The second-order valence-electron chi connectivity index (χ2n) is 8.35. The van der Waals surface area contributed by atoms with Crippen LogP contribution in [0.15, 0.2) is 52.6 Å². The highest BCUT2D eigenvalue weighted by atomic mass is 32.2. The van der Waals surface area contributed by atoms with Crippen LogP contribution in [0.4, 0.5) is 8.78 Å². The number of carbonyl (C=O) groups is 1. The number of likely N-dealkylation sites (N-methyl/N-ethyl adjacent to an activating group) is 1. The van der Waals surface area contributed by atoms with Crippen LogP contribution < -0.4 is 5.73 Å². The van der Waals surface area contributed by atoms with Crippen LogP contribution in [0.2, 0.25) is 0 Å². The van der Waals surface area contributed by atoms with Gasteiger partial charge in [-0.3, -0.25) is 14.4 Å². The number of amides is 1. The van der Waals surface area contributed by atoms with Crippen LogP contribution in [0.25, 0.3) is 0 Å². The van der Waals surface area contributed by atoms with E-state index in [9.17, 15) is 13.6 Å². The van der Waals surface area contributed by atoms with E-state index in [1.165, 1.54) is 17.0 Å². The molecule has 2 aliphatic rings. The molecule has 3 atom stereocenters. The highest BCUT2D eigenvalue weighted by Crippen LogP contribution is 2.50. The van der Waals surface area contributed by atoms with Crippen LogP contribution >= 0.6 is 11.8 Å². The first-order chi connectivity index (χ1) is 14.5. The molecule has 2 N–H and O–H groups in total. The smallest absolute Gasteiger partial charge is 0.270 e. The number of thioether (sulfide) groups is 1. The van der Waals surface area contributed by atoms with E-state index in [4.69, 9.17) is 10.7 Å². The van der Waals surface area contributed by atoms with E-state index in [0.717, 1.165) is 23.1 Å². The number of nitrogens with two attached hydrogens (primary N) is 1. The zero-order valence-corrected chi connectivity index (χ0v) is 18.7. The van der Waals surface area contributed by atoms with Gasteiger partial charge in [-0.25, -0.2) is 13.8 Å². The molecule has 0 saturated heterocycles. The molecule has 4 rings (SSSR count). The number of aliphatic imine (C=N–C) groups is 1. The predicted molar refractivity (Wildman–Crippen MR) is 118 cm³/mol. The van der Waals surface area contributed by atoms with E-state index < -0.39 is 17.4 Å². The average Bonchev–Trinajstić information content (AvgIpc) is 3.35. The molecule has 31 heavy (non-hydrogen) atoms. The fourth-order valence-electron chi connectivity index (χ4n) is 4.15. The van der Waals surface area contributed by atoms with E-state index in [0.29, 0.717) is 5.56 Å². The molecule has 0 aliphatic carbocycles. The number of carbonyl (C=O) groups excluding carboxylic acids is 1. The maximum Gasteiger partial charge on any atom is 0.270 e. The average molecular weight is 446 g/mol. The van der Waals surface area contributed by atoms with Gasteiger partial charge in [0.05, 0.1) is 12.1 Å². The Morgan fingerprint density at radius 1 is 1.23 bits per heavy atom. The molecule has 0 spiro atoms. The Morgan fingerprint density at radius 2 is 1.90 bits per heavy atom. The lowest BCUT2D eigenvalue weighted by Crippen LogP contribution is -2.54. The van der Waals surface area contributed by atoms with Crippen LogP contribution in [0.1, 0.15) is 42.4 Å². The summed E-state index contributed by atoms with van der Waals surface area (Å²) in [4.78, 5) is 20.3. The van der Waals surface area contributed by atoms with Crippen molar-refractivity contribution < 1.29 is 13.6 Å². The van der Waals surface area contributed by atoms with Crippen molar-refractivity contribution in [2.45, 2.75) is 37.1 Å². The Kier molecular flexibility index (Phi) is 5.20. The minimum absolute atomic E-state index is 0.0938. The monoisotopic (exact) mass is 445 g/mol. The summed E-state index contributed by atoms with van der Waals surface area (Å²) in [6, 6.07) is 5.94. The van der Waals surface area contributed by atoms with Crippen molar-refractivity contribution in [3.8, 4) is 0 Å². The fourth-order valence-corrected chi connectivity index (χ4v) is 5.52. The van der Waals surface area contributed by atoms with Gasteiger partial charge in [-0.05, 0) is 18.1 Å². The number of allylic oxidation sites excluding steroid dienone is 1. The first-order valence-electron chi connectivity index (χ1n) is 9.95. The summed E-state index contributed by atoms with van der Waals surface area (Å²) in [6.45, 7) is 2.75. The van der Waals surface area contributed by atoms with Crippen LogP contribution in [0.3, 0.4) is 0 Å². The molecule has 0 radical (unpaired) electrons. The highest BCUT2D eigenvalue weighted by Gasteiger charge is 2.49. The van der Waals surface area contributed by atoms with Crippen molar-refractivity contribution in [1.82, 2.24) is 14.7 Å². The number of guanidine groups is 1. The first kappa shape index (κ1) is 21.5. The Balaban J connectivity index is 1.76. The van der Waals surface area contributed by atoms with Crippen LogP contribution in [0.5, 0.6) is 0 Å². The maximum absolute atomic E-state index is 13.7. The van der Waals surface area contributed by atoms with Crippen molar-refractivity contribution in [2.75, 3.05) is 12.8 Å². The van der Waals surface area contributed by atoms with Crippen LogP contribution in [0, 0.1) is 0 Å². The second-order valence-corrected chi connectivity index (χ2v) is 9.42. The van der Waals surface area contributed by atoms with Gasteiger partial charge in [-0.15, -0.1) is 11.8 Å². The number of hydrogen-bond donors (Lipinski definition) is 1. The molecule has 9 heteroatoms. The SMILES string of the molecule is CN1C(=O)C(c2ccc(C(C)(F)F)cc2)[C@@](C)(C2=CC(c3cnn(C)c3)CS2)N=C1N. The molecule has 164 valence electrons. The first-order valence-corrected chi connectivity index (χ1v) is 10.9. The van der Waals surface area contributed by atoms with Crippen LogP contribution in [-0.4, -0.2) is 44.9 Å². The lowest BCUT2D eigenvalue weighted by molar-refractivity contribution is -0.129. The maximum atomic E-state index is 13.7. The van der Waals surface area contributed by atoms with Gasteiger partial charge in [-0.2, -0.15) is 5.10 Å². The summed E-state index contributed by atoms with van der Waals surface area (Å²) in [7, 11) is 3.45. The normalized spacial score (nSPS) is 26.8. The van der Waals surface area contributed by atoms with Crippen molar-refractivity contribution in [1.29, 1.82) is 0 Å². The summed E-state index contributed by atoms with van der Waals surface area (Å²) in [5.41, 5.74) is 6.80. The quantitative estimate of drug-likeness (QED) is 0.781. The molecule has 1 aromatic heterocycles. The summed E-state index contributed by atoms with van der Waals surface area (Å²) in [5.74, 6) is -2.72. The Bertz CT molecular complexity index is 1070. The van der Waals surface area contributed by atoms with Gasteiger partial charge in [0.15, 0.2) is 5.96 Å². The van der Waals surface area contributed by atoms with Crippen molar-refractivity contribution >= 4 is 23.6 Å². The van der Waals surface area contributed by atoms with Gasteiger partial charge in [0, 0.05) is 49.4 Å². The van der Waals surface area contributed by atoms with Crippen molar-refractivity contribution in [3.63, 3.8) is 0 Å². The number of benzene rings is 1.